The van der Waals surface area contributed by atoms with Crippen molar-refractivity contribution < 1.29 is 19.1 Å². The summed E-state index contributed by atoms with van der Waals surface area (Å²) in [5.41, 5.74) is 3.62. The standard InChI is InChI=1S/C20H21BrIN3O4/c1-4-29-18-16(22)9-13(10-17(18)28-3)11-23-25-19(26)12(2)24-20(27)14-7-5-6-8-15(14)21/h5-12H,4H2,1-3H3,(H,24,27)(H,25,26). The Bertz CT molecular complexity index is 921. The second-order valence-corrected chi connectivity index (χ2v) is 7.89. The number of nitrogens with one attached hydrogen (secondary N) is 2. The van der Waals surface area contributed by atoms with Gasteiger partial charge in [0.2, 0.25) is 0 Å². The molecule has 0 aliphatic carbocycles. The van der Waals surface area contributed by atoms with Gasteiger partial charge in [0.25, 0.3) is 11.8 Å². The molecule has 0 saturated heterocycles. The van der Waals surface area contributed by atoms with Gasteiger partial charge in [-0.2, -0.15) is 5.10 Å². The Kier molecular flexibility index (Phi) is 8.90. The summed E-state index contributed by atoms with van der Waals surface area (Å²) in [5, 5.41) is 6.61. The summed E-state index contributed by atoms with van der Waals surface area (Å²) in [6.07, 6.45) is 1.50. The van der Waals surface area contributed by atoms with Gasteiger partial charge in [0.15, 0.2) is 11.5 Å². The van der Waals surface area contributed by atoms with Crippen LogP contribution in [0.5, 0.6) is 11.5 Å². The van der Waals surface area contributed by atoms with E-state index in [1.807, 2.05) is 19.1 Å². The molecule has 9 heteroatoms. The van der Waals surface area contributed by atoms with E-state index in [1.54, 1.807) is 38.3 Å². The third kappa shape index (κ3) is 6.43. The number of carbonyl (C=O) groups is 2. The average Bonchev–Trinajstić information content (AvgIpc) is 2.69. The highest BCUT2D eigenvalue weighted by Gasteiger charge is 2.17. The summed E-state index contributed by atoms with van der Waals surface area (Å²) >= 11 is 5.47. The van der Waals surface area contributed by atoms with Crippen LogP contribution in [0.4, 0.5) is 0 Å². The van der Waals surface area contributed by atoms with Crippen LogP contribution in [0.3, 0.4) is 0 Å². The van der Waals surface area contributed by atoms with Gasteiger partial charge in [-0.15, -0.1) is 0 Å². The fraction of sp³-hybridized carbons (Fsp3) is 0.250. The number of ether oxygens (including phenoxy) is 2. The molecule has 7 nitrogen and oxygen atoms in total. The number of rotatable bonds is 8. The zero-order valence-corrected chi connectivity index (χ0v) is 19.9. The number of nitrogens with zero attached hydrogens (tertiary/aromatic N) is 1. The van der Waals surface area contributed by atoms with E-state index < -0.39 is 11.9 Å². The first kappa shape index (κ1) is 23.1. The van der Waals surface area contributed by atoms with Crippen LogP contribution in [0.2, 0.25) is 0 Å². The molecule has 0 spiro atoms. The third-order valence-corrected chi connectivity index (χ3v) is 5.28. The number of hydrogen-bond donors (Lipinski definition) is 2. The quantitative estimate of drug-likeness (QED) is 0.286. The van der Waals surface area contributed by atoms with E-state index in [9.17, 15) is 9.59 Å². The van der Waals surface area contributed by atoms with Crippen molar-refractivity contribution >= 4 is 56.5 Å². The molecule has 0 aliphatic heterocycles. The van der Waals surface area contributed by atoms with Gasteiger partial charge in [-0.3, -0.25) is 9.59 Å². The minimum absolute atomic E-state index is 0.352. The summed E-state index contributed by atoms with van der Waals surface area (Å²) in [7, 11) is 1.56. The number of carbonyl (C=O) groups excluding carboxylic acids is 2. The molecule has 0 radical (unpaired) electrons. The lowest BCUT2D eigenvalue weighted by Crippen LogP contribution is -2.43. The Hall–Kier alpha value is -2.14. The van der Waals surface area contributed by atoms with Crippen LogP contribution in [0.25, 0.3) is 0 Å². The van der Waals surface area contributed by atoms with Crippen LogP contribution in [-0.2, 0) is 4.79 Å². The molecule has 29 heavy (non-hydrogen) atoms. The molecule has 1 atom stereocenters. The molecule has 0 saturated carbocycles. The summed E-state index contributed by atoms with van der Waals surface area (Å²) in [6.45, 7) is 4.01. The Balaban J connectivity index is 1.99. The molecule has 0 bridgehead atoms. The van der Waals surface area contributed by atoms with Crippen molar-refractivity contribution in [2.75, 3.05) is 13.7 Å². The maximum absolute atomic E-state index is 12.3. The summed E-state index contributed by atoms with van der Waals surface area (Å²) < 4.78 is 12.5. The molecule has 2 aromatic carbocycles. The van der Waals surface area contributed by atoms with Crippen LogP contribution >= 0.6 is 38.5 Å². The summed E-state index contributed by atoms with van der Waals surface area (Å²) in [5.74, 6) is 0.463. The summed E-state index contributed by atoms with van der Waals surface area (Å²) in [4.78, 5) is 24.5. The maximum atomic E-state index is 12.3. The molecule has 2 amide bonds. The maximum Gasteiger partial charge on any atom is 0.262 e. The van der Waals surface area contributed by atoms with Gasteiger partial charge in [0, 0.05) is 4.47 Å². The van der Waals surface area contributed by atoms with E-state index in [4.69, 9.17) is 9.47 Å². The Morgan fingerprint density at radius 3 is 2.69 bits per heavy atom. The van der Waals surface area contributed by atoms with Crippen LogP contribution in [0.1, 0.15) is 29.8 Å². The van der Waals surface area contributed by atoms with Gasteiger partial charge < -0.3 is 14.8 Å². The molecule has 154 valence electrons. The highest BCUT2D eigenvalue weighted by atomic mass is 127. The van der Waals surface area contributed by atoms with Gasteiger partial charge >= 0.3 is 0 Å². The first-order chi connectivity index (χ1) is 13.9. The molecular weight excluding hydrogens is 553 g/mol. The highest BCUT2D eigenvalue weighted by molar-refractivity contribution is 14.1. The molecule has 0 aliphatic rings. The molecule has 2 rings (SSSR count). The second kappa shape index (κ2) is 11.1. The first-order valence-corrected chi connectivity index (χ1v) is 10.6. The van der Waals surface area contributed by atoms with E-state index in [-0.39, 0.29) is 5.91 Å². The molecule has 1 unspecified atom stereocenters. The van der Waals surface area contributed by atoms with Crippen LogP contribution < -0.4 is 20.2 Å². The third-order valence-electron chi connectivity index (χ3n) is 3.79. The molecule has 0 aromatic heterocycles. The van der Waals surface area contributed by atoms with Crippen molar-refractivity contribution in [2.24, 2.45) is 5.10 Å². The van der Waals surface area contributed by atoms with Crippen molar-refractivity contribution in [1.82, 2.24) is 10.7 Å². The number of amides is 2. The molecule has 2 N–H and O–H groups in total. The van der Waals surface area contributed by atoms with Crippen molar-refractivity contribution in [3.05, 3.63) is 55.6 Å². The fourth-order valence-electron chi connectivity index (χ4n) is 2.35. The topological polar surface area (TPSA) is 89.0 Å². The second-order valence-electron chi connectivity index (χ2n) is 5.88. The lowest BCUT2D eigenvalue weighted by molar-refractivity contribution is -0.122. The van der Waals surface area contributed by atoms with Crippen LogP contribution in [0, 0.1) is 3.57 Å². The van der Waals surface area contributed by atoms with Crippen molar-refractivity contribution in [3.8, 4) is 11.5 Å². The monoisotopic (exact) mass is 573 g/mol. The minimum Gasteiger partial charge on any atom is -0.493 e. The summed E-state index contributed by atoms with van der Waals surface area (Å²) in [6, 6.07) is 9.86. The number of hydrazone groups is 1. The van der Waals surface area contributed by atoms with Gasteiger partial charge in [-0.1, -0.05) is 12.1 Å². The molecule has 2 aromatic rings. The molecule has 0 heterocycles. The van der Waals surface area contributed by atoms with Gasteiger partial charge in [0.05, 0.1) is 29.1 Å². The lowest BCUT2D eigenvalue weighted by Gasteiger charge is -2.13. The van der Waals surface area contributed by atoms with Crippen molar-refractivity contribution in [2.45, 2.75) is 19.9 Å². The van der Waals surface area contributed by atoms with Gasteiger partial charge in [0.1, 0.15) is 6.04 Å². The molecular formula is C20H21BrIN3O4. The number of benzene rings is 2. The molecule has 0 fully saturated rings. The normalized spacial score (nSPS) is 11.8. The fourth-order valence-corrected chi connectivity index (χ4v) is 3.60. The van der Waals surface area contributed by atoms with Crippen LogP contribution in [0.15, 0.2) is 46.0 Å². The average molecular weight is 574 g/mol. The van der Waals surface area contributed by atoms with Crippen LogP contribution in [-0.4, -0.2) is 37.8 Å². The Labute approximate surface area is 191 Å². The largest absolute Gasteiger partial charge is 0.493 e. The van der Waals surface area contributed by atoms with E-state index in [0.29, 0.717) is 28.1 Å². The SMILES string of the molecule is CCOc1c(I)cc(C=NNC(=O)C(C)NC(=O)c2ccccc2Br)cc1OC. The Morgan fingerprint density at radius 1 is 1.31 bits per heavy atom. The number of halogens is 2. The van der Waals surface area contributed by atoms with Crippen molar-refractivity contribution in [3.63, 3.8) is 0 Å². The lowest BCUT2D eigenvalue weighted by atomic mass is 10.2. The van der Waals surface area contributed by atoms with Gasteiger partial charge in [-0.05, 0) is 82.2 Å². The minimum atomic E-state index is -0.762. The number of methoxy groups -OCH3 is 1. The van der Waals surface area contributed by atoms with E-state index >= 15 is 0 Å². The van der Waals surface area contributed by atoms with Gasteiger partial charge in [-0.25, -0.2) is 5.43 Å². The first-order valence-electron chi connectivity index (χ1n) is 8.76. The zero-order valence-electron chi connectivity index (χ0n) is 16.2. The predicted octanol–water partition coefficient (Wildman–Crippen LogP) is 3.73. The van der Waals surface area contributed by atoms with E-state index in [2.05, 4.69) is 54.4 Å². The smallest absolute Gasteiger partial charge is 0.262 e. The zero-order chi connectivity index (χ0) is 21.4. The predicted molar refractivity (Wildman–Crippen MR) is 124 cm³/mol. The van der Waals surface area contributed by atoms with E-state index in [1.165, 1.54) is 6.21 Å². The van der Waals surface area contributed by atoms with E-state index in [0.717, 1.165) is 9.13 Å². The Morgan fingerprint density at radius 2 is 2.03 bits per heavy atom. The number of hydrogen-bond acceptors (Lipinski definition) is 5. The van der Waals surface area contributed by atoms with Crippen molar-refractivity contribution in [1.29, 1.82) is 0 Å². The highest BCUT2D eigenvalue weighted by Crippen LogP contribution is 2.33.